The molecule has 120 valence electrons. The van der Waals surface area contributed by atoms with Crippen molar-refractivity contribution in [1.82, 2.24) is 0 Å². The highest BCUT2D eigenvalue weighted by molar-refractivity contribution is 7.92. The van der Waals surface area contributed by atoms with E-state index in [1.165, 1.54) is 0 Å². The summed E-state index contributed by atoms with van der Waals surface area (Å²) < 4.78 is 41.6. The Morgan fingerprint density at radius 2 is 1.76 bits per heavy atom. The summed E-state index contributed by atoms with van der Waals surface area (Å²) in [7, 11) is -1.85. The van der Waals surface area contributed by atoms with Gasteiger partial charge >= 0.3 is 0 Å². The van der Waals surface area contributed by atoms with Gasteiger partial charge in [0.1, 0.15) is 5.75 Å². The van der Waals surface area contributed by atoms with Gasteiger partial charge in [-0.1, -0.05) is 0 Å². The quantitative estimate of drug-likeness (QED) is 0.667. The highest BCUT2D eigenvalue weighted by atomic mass is 32.2. The Morgan fingerprint density at radius 3 is 2.33 bits per heavy atom. The minimum Gasteiger partial charge on any atom is -0.491 e. The number of rotatable bonds is 10. The first-order chi connectivity index (χ1) is 9.93. The number of ether oxygens (including phenoxy) is 3. The first-order valence-corrected chi connectivity index (χ1v) is 8.42. The van der Waals surface area contributed by atoms with E-state index in [9.17, 15) is 8.42 Å². The molecule has 0 bridgehead atoms. The molecular weight excluding hydrogens is 294 g/mol. The predicted molar refractivity (Wildman–Crippen MR) is 82.3 cm³/mol. The molecule has 0 aromatic heterocycles. The van der Waals surface area contributed by atoms with Gasteiger partial charge in [0.2, 0.25) is 10.0 Å². The molecule has 0 radical (unpaired) electrons. The van der Waals surface area contributed by atoms with Crippen molar-refractivity contribution >= 4 is 15.7 Å². The average Bonchev–Trinajstić information content (AvgIpc) is 2.40. The van der Waals surface area contributed by atoms with E-state index in [0.29, 0.717) is 24.7 Å². The monoisotopic (exact) mass is 317 g/mol. The molecule has 0 fully saturated rings. The number of methoxy groups -OCH3 is 1. The number of benzene rings is 1. The molecule has 0 aliphatic heterocycles. The zero-order chi connectivity index (χ0) is 15.7. The highest BCUT2D eigenvalue weighted by Crippen LogP contribution is 2.17. The number of anilines is 1. The minimum absolute atomic E-state index is 0.0804. The van der Waals surface area contributed by atoms with Crippen molar-refractivity contribution in [2.75, 3.05) is 37.4 Å². The lowest BCUT2D eigenvalue weighted by Crippen LogP contribution is -2.20. The average molecular weight is 317 g/mol. The molecule has 7 heteroatoms. The molecule has 1 aromatic carbocycles. The molecule has 0 spiro atoms. The van der Waals surface area contributed by atoms with Crippen LogP contribution in [0.2, 0.25) is 0 Å². The van der Waals surface area contributed by atoms with Crippen LogP contribution in [0.15, 0.2) is 24.3 Å². The summed E-state index contributed by atoms with van der Waals surface area (Å²) in [5.41, 5.74) is 0.503. The van der Waals surface area contributed by atoms with Crippen LogP contribution >= 0.6 is 0 Å². The van der Waals surface area contributed by atoms with Gasteiger partial charge in [0, 0.05) is 12.8 Å². The summed E-state index contributed by atoms with van der Waals surface area (Å²) >= 11 is 0. The van der Waals surface area contributed by atoms with E-state index in [2.05, 4.69) is 4.72 Å². The number of hydrogen-bond donors (Lipinski definition) is 1. The molecule has 1 aromatic rings. The van der Waals surface area contributed by atoms with Crippen molar-refractivity contribution in [3.63, 3.8) is 0 Å². The van der Waals surface area contributed by atoms with Gasteiger partial charge in [0.05, 0.1) is 31.7 Å². The molecule has 0 amide bonds. The van der Waals surface area contributed by atoms with Gasteiger partial charge in [-0.05, 0) is 38.1 Å². The normalized spacial score (nSPS) is 11.6. The third-order valence-electron chi connectivity index (χ3n) is 2.43. The van der Waals surface area contributed by atoms with Crippen molar-refractivity contribution in [2.45, 2.75) is 20.0 Å². The first-order valence-electron chi connectivity index (χ1n) is 6.77. The fourth-order valence-corrected chi connectivity index (χ4v) is 2.45. The molecule has 0 heterocycles. The lowest BCUT2D eigenvalue weighted by atomic mass is 10.3. The summed E-state index contributed by atoms with van der Waals surface area (Å²) in [4.78, 5) is 0. The summed E-state index contributed by atoms with van der Waals surface area (Å²) in [5.74, 6) is 0.608. The smallest absolute Gasteiger partial charge is 0.234 e. The molecule has 0 saturated carbocycles. The van der Waals surface area contributed by atoms with Gasteiger partial charge in [-0.25, -0.2) is 8.42 Å². The molecule has 0 unspecified atom stereocenters. The second-order valence-electron chi connectivity index (χ2n) is 4.72. The zero-order valence-electron chi connectivity index (χ0n) is 12.7. The molecular formula is C14H23NO5S. The van der Waals surface area contributed by atoms with Crippen molar-refractivity contribution in [1.29, 1.82) is 0 Å². The number of hydrogen-bond acceptors (Lipinski definition) is 5. The largest absolute Gasteiger partial charge is 0.491 e. The van der Waals surface area contributed by atoms with E-state index in [0.717, 1.165) is 0 Å². The topological polar surface area (TPSA) is 73.9 Å². The van der Waals surface area contributed by atoms with Crippen molar-refractivity contribution in [3.05, 3.63) is 24.3 Å². The van der Waals surface area contributed by atoms with Crippen LogP contribution in [0.25, 0.3) is 0 Å². The van der Waals surface area contributed by atoms with E-state index in [1.807, 2.05) is 13.8 Å². The Labute approximate surface area is 126 Å². The van der Waals surface area contributed by atoms with Crippen LogP contribution in [0, 0.1) is 0 Å². The Balaban J connectivity index is 2.43. The predicted octanol–water partition coefficient (Wildman–Crippen LogP) is 1.88. The molecule has 0 aliphatic rings. The summed E-state index contributed by atoms with van der Waals surface area (Å²) in [6.45, 7) is 4.83. The molecule has 21 heavy (non-hydrogen) atoms. The Hall–Kier alpha value is -1.31. The Morgan fingerprint density at radius 1 is 1.10 bits per heavy atom. The lowest BCUT2D eigenvalue weighted by molar-refractivity contribution is 0.0785. The van der Waals surface area contributed by atoms with Crippen LogP contribution in [0.3, 0.4) is 0 Å². The van der Waals surface area contributed by atoms with Crippen molar-refractivity contribution in [3.8, 4) is 5.75 Å². The minimum atomic E-state index is -3.41. The fourth-order valence-electron chi connectivity index (χ4n) is 1.52. The van der Waals surface area contributed by atoms with Gasteiger partial charge in [-0.15, -0.1) is 0 Å². The summed E-state index contributed by atoms with van der Waals surface area (Å²) in [5, 5.41) is 0. The summed E-state index contributed by atoms with van der Waals surface area (Å²) in [6, 6.07) is 6.79. The second kappa shape index (κ2) is 8.86. The number of nitrogens with one attached hydrogen (secondary N) is 1. The van der Waals surface area contributed by atoms with E-state index in [1.54, 1.807) is 31.4 Å². The third kappa shape index (κ3) is 7.89. The van der Waals surface area contributed by atoms with Crippen molar-refractivity contribution in [2.24, 2.45) is 0 Å². The second-order valence-corrected chi connectivity index (χ2v) is 6.56. The zero-order valence-corrected chi connectivity index (χ0v) is 13.5. The van der Waals surface area contributed by atoms with Gasteiger partial charge in [-0.2, -0.15) is 0 Å². The maximum atomic E-state index is 11.8. The van der Waals surface area contributed by atoms with Crippen LogP contribution in [0.4, 0.5) is 5.69 Å². The van der Waals surface area contributed by atoms with E-state index in [-0.39, 0.29) is 18.5 Å². The molecule has 0 saturated heterocycles. The van der Waals surface area contributed by atoms with Crippen LogP contribution in [0.5, 0.6) is 5.75 Å². The summed E-state index contributed by atoms with van der Waals surface area (Å²) in [6.07, 6.45) is 0.0804. The van der Waals surface area contributed by atoms with E-state index < -0.39 is 10.0 Å². The van der Waals surface area contributed by atoms with E-state index in [4.69, 9.17) is 14.2 Å². The highest BCUT2D eigenvalue weighted by Gasteiger charge is 2.10. The maximum absolute atomic E-state index is 11.8. The molecule has 1 rings (SSSR count). The van der Waals surface area contributed by atoms with Crippen LogP contribution in [-0.2, 0) is 19.5 Å². The standard InChI is InChI=1S/C14H23NO5S/c1-12(2)20-14-6-4-13(5-7-14)15-21(16,17)11-10-19-9-8-18-3/h4-7,12,15H,8-11H2,1-3H3. The Bertz CT molecular complexity index is 499. The van der Waals surface area contributed by atoms with E-state index >= 15 is 0 Å². The van der Waals surface area contributed by atoms with Crippen LogP contribution in [0.1, 0.15) is 13.8 Å². The maximum Gasteiger partial charge on any atom is 0.234 e. The SMILES string of the molecule is COCCOCCS(=O)(=O)Nc1ccc(OC(C)C)cc1. The molecule has 1 N–H and O–H groups in total. The van der Waals surface area contributed by atoms with Gasteiger partial charge in [0.25, 0.3) is 0 Å². The molecule has 6 nitrogen and oxygen atoms in total. The fraction of sp³-hybridized carbons (Fsp3) is 0.571. The molecule has 0 aliphatic carbocycles. The molecule has 0 atom stereocenters. The van der Waals surface area contributed by atoms with Gasteiger partial charge < -0.3 is 14.2 Å². The van der Waals surface area contributed by atoms with Crippen LogP contribution < -0.4 is 9.46 Å². The van der Waals surface area contributed by atoms with Gasteiger partial charge in [-0.3, -0.25) is 4.72 Å². The van der Waals surface area contributed by atoms with Crippen molar-refractivity contribution < 1.29 is 22.6 Å². The van der Waals surface area contributed by atoms with Crippen LogP contribution in [-0.4, -0.2) is 47.2 Å². The first kappa shape index (κ1) is 17.7. The third-order valence-corrected chi connectivity index (χ3v) is 3.68. The lowest BCUT2D eigenvalue weighted by Gasteiger charge is -2.11. The number of sulfonamides is 1. The van der Waals surface area contributed by atoms with Gasteiger partial charge in [0.15, 0.2) is 0 Å². The Kier molecular flexibility index (Phi) is 7.49.